The Morgan fingerprint density at radius 1 is 1.11 bits per heavy atom. The molecule has 1 fully saturated rings. The molecule has 27 heavy (non-hydrogen) atoms. The Balaban J connectivity index is 1.73. The molecule has 1 aromatic carbocycles. The van der Waals surface area contributed by atoms with Crippen molar-refractivity contribution in [2.45, 2.75) is 45.4 Å². The van der Waals surface area contributed by atoms with Crippen LogP contribution in [-0.4, -0.2) is 33.3 Å². The first-order chi connectivity index (χ1) is 13.1. The fourth-order valence-electron chi connectivity index (χ4n) is 4.16. The summed E-state index contributed by atoms with van der Waals surface area (Å²) in [7, 11) is 0. The molecule has 1 amide bonds. The smallest absolute Gasteiger partial charge is 0.223 e. The van der Waals surface area contributed by atoms with Gasteiger partial charge in [-0.2, -0.15) is 0 Å². The molecule has 1 atom stereocenters. The molecule has 0 unspecified atom stereocenters. The number of nitrogens with zero attached hydrogens (tertiary/aromatic N) is 3. The number of hydrogen-bond acceptors (Lipinski definition) is 2. The Bertz CT molecular complexity index is 953. The Labute approximate surface area is 160 Å². The molecule has 4 nitrogen and oxygen atoms in total. The van der Waals surface area contributed by atoms with Gasteiger partial charge < -0.3 is 9.30 Å². The second-order valence-corrected chi connectivity index (χ2v) is 7.67. The lowest BCUT2D eigenvalue weighted by atomic mass is 9.89. The van der Waals surface area contributed by atoms with Crippen LogP contribution < -0.4 is 0 Å². The van der Waals surface area contributed by atoms with Crippen molar-refractivity contribution in [3.05, 3.63) is 71.2 Å². The van der Waals surface area contributed by atoms with Gasteiger partial charge in [-0.25, -0.2) is 4.98 Å². The SMILES string of the molecule is Cc1ccn2c([C@@H](CC(=O)N3CCCCC3)c3ccccc3C)cnc2c1. The van der Waals surface area contributed by atoms with Gasteiger partial charge in [-0.1, -0.05) is 24.3 Å². The maximum atomic E-state index is 13.1. The van der Waals surface area contributed by atoms with Crippen molar-refractivity contribution >= 4 is 11.6 Å². The quantitative estimate of drug-likeness (QED) is 0.687. The van der Waals surface area contributed by atoms with E-state index in [0.717, 1.165) is 37.3 Å². The summed E-state index contributed by atoms with van der Waals surface area (Å²) in [5, 5.41) is 0. The molecule has 0 N–H and O–H groups in total. The van der Waals surface area contributed by atoms with E-state index in [1.807, 2.05) is 11.1 Å². The lowest BCUT2D eigenvalue weighted by molar-refractivity contribution is -0.132. The zero-order valence-electron chi connectivity index (χ0n) is 16.2. The predicted molar refractivity (Wildman–Crippen MR) is 108 cm³/mol. The van der Waals surface area contributed by atoms with Gasteiger partial charge in [0.2, 0.25) is 5.91 Å². The van der Waals surface area contributed by atoms with Gasteiger partial charge in [0.15, 0.2) is 0 Å². The maximum Gasteiger partial charge on any atom is 0.223 e. The number of likely N-dealkylation sites (tertiary alicyclic amines) is 1. The van der Waals surface area contributed by atoms with E-state index in [2.05, 4.69) is 65.8 Å². The van der Waals surface area contributed by atoms with Crippen LogP contribution in [-0.2, 0) is 4.79 Å². The summed E-state index contributed by atoms with van der Waals surface area (Å²) in [4.78, 5) is 19.7. The van der Waals surface area contributed by atoms with Crippen LogP contribution in [0.15, 0.2) is 48.8 Å². The molecule has 0 radical (unpaired) electrons. The normalized spacial score (nSPS) is 15.9. The Morgan fingerprint density at radius 3 is 2.67 bits per heavy atom. The van der Waals surface area contributed by atoms with E-state index in [1.165, 1.54) is 23.1 Å². The fraction of sp³-hybridized carbons (Fsp3) is 0.391. The van der Waals surface area contributed by atoms with Crippen molar-refractivity contribution in [1.82, 2.24) is 14.3 Å². The molecule has 1 aliphatic heterocycles. The molecule has 4 heteroatoms. The number of carbonyl (C=O) groups excluding carboxylic acids is 1. The van der Waals surface area contributed by atoms with Crippen LogP contribution in [0.25, 0.3) is 5.65 Å². The highest BCUT2D eigenvalue weighted by atomic mass is 16.2. The molecule has 1 aliphatic rings. The molecule has 4 rings (SSSR count). The van der Waals surface area contributed by atoms with E-state index in [0.29, 0.717) is 6.42 Å². The minimum absolute atomic E-state index is 0.0123. The average Bonchev–Trinajstić information content (AvgIpc) is 3.10. The lowest BCUT2D eigenvalue weighted by Crippen LogP contribution is -2.36. The number of rotatable bonds is 4. The van der Waals surface area contributed by atoms with Gasteiger partial charge in [0.05, 0.1) is 5.69 Å². The number of benzene rings is 1. The number of imidazole rings is 1. The minimum Gasteiger partial charge on any atom is -0.343 e. The second kappa shape index (κ2) is 7.55. The predicted octanol–water partition coefficient (Wildman–Crippen LogP) is 4.49. The van der Waals surface area contributed by atoms with Gasteiger partial charge >= 0.3 is 0 Å². The molecule has 2 aromatic heterocycles. The number of aryl methyl sites for hydroxylation is 2. The van der Waals surface area contributed by atoms with Crippen LogP contribution >= 0.6 is 0 Å². The second-order valence-electron chi connectivity index (χ2n) is 7.67. The van der Waals surface area contributed by atoms with E-state index in [-0.39, 0.29) is 11.8 Å². The molecule has 3 aromatic rings. The summed E-state index contributed by atoms with van der Waals surface area (Å²) in [5.41, 5.74) is 5.65. The van der Waals surface area contributed by atoms with Crippen LogP contribution in [0.2, 0.25) is 0 Å². The first-order valence-corrected chi connectivity index (χ1v) is 9.90. The number of aromatic nitrogens is 2. The van der Waals surface area contributed by atoms with Crippen molar-refractivity contribution in [3.63, 3.8) is 0 Å². The topological polar surface area (TPSA) is 37.6 Å². The number of fused-ring (bicyclic) bond motifs is 1. The van der Waals surface area contributed by atoms with E-state index in [4.69, 9.17) is 0 Å². The molecule has 3 heterocycles. The van der Waals surface area contributed by atoms with Crippen molar-refractivity contribution < 1.29 is 4.79 Å². The number of carbonyl (C=O) groups is 1. The van der Waals surface area contributed by atoms with Crippen LogP contribution in [0.4, 0.5) is 0 Å². The summed E-state index contributed by atoms with van der Waals surface area (Å²) in [6.45, 7) is 5.99. The summed E-state index contributed by atoms with van der Waals surface area (Å²) in [6.07, 6.45) is 7.98. The number of pyridine rings is 1. The standard InChI is InChI=1S/C23H27N3O/c1-17-10-13-26-21(16-24-22(26)14-17)20(19-9-5-4-8-18(19)2)15-23(27)25-11-6-3-7-12-25/h4-5,8-10,13-14,16,20H,3,6-7,11-12,15H2,1-2H3/t20-/m0/s1. The van der Waals surface area contributed by atoms with Crippen molar-refractivity contribution in [1.29, 1.82) is 0 Å². The molecule has 1 saturated heterocycles. The average molecular weight is 361 g/mol. The van der Waals surface area contributed by atoms with Gasteiger partial charge in [0.1, 0.15) is 5.65 Å². The van der Waals surface area contributed by atoms with Gasteiger partial charge in [-0.15, -0.1) is 0 Å². The van der Waals surface area contributed by atoms with E-state index in [9.17, 15) is 4.79 Å². The molecular weight excluding hydrogens is 334 g/mol. The Hall–Kier alpha value is -2.62. The number of hydrogen-bond donors (Lipinski definition) is 0. The monoisotopic (exact) mass is 361 g/mol. The molecular formula is C23H27N3O. The van der Waals surface area contributed by atoms with Crippen molar-refractivity contribution in [2.24, 2.45) is 0 Å². The third-order valence-electron chi connectivity index (χ3n) is 5.71. The van der Waals surface area contributed by atoms with E-state index < -0.39 is 0 Å². The summed E-state index contributed by atoms with van der Waals surface area (Å²) in [6, 6.07) is 12.6. The lowest BCUT2D eigenvalue weighted by Gasteiger charge is -2.29. The highest BCUT2D eigenvalue weighted by molar-refractivity contribution is 5.78. The maximum absolute atomic E-state index is 13.1. The fourth-order valence-corrected chi connectivity index (χ4v) is 4.16. The highest BCUT2D eigenvalue weighted by Crippen LogP contribution is 2.32. The number of amides is 1. The van der Waals surface area contributed by atoms with Crippen LogP contribution in [0, 0.1) is 13.8 Å². The molecule has 0 saturated carbocycles. The molecule has 0 spiro atoms. The Kier molecular flexibility index (Phi) is 4.97. The van der Waals surface area contributed by atoms with Gasteiger partial charge in [0.25, 0.3) is 0 Å². The van der Waals surface area contributed by atoms with Gasteiger partial charge in [-0.05, 0) is 61.9 Å². The van der Waals surface area contributed by atoms with Crippen LogP contribution in [0.1, 0.15) is 54.0 Å². The largest absolute Gasteiger partial charge is 0.343 e. The molecule has 140 valence electrons. The van der Waals surface area contributed by atoms with E-state index >= 15 is 0 Å². The van der Waals surface area contributed by atoms with Crippen LogP contribution in [0.5, 0.6) is 0 Å². The zero-order chi connectivity index (χ0) is 18.8. The van der Waals surface area contributed by atoms with Crippen molar-refractivity contribution in [2.75, 3.05) is 13.1 Å². The van der Waals surface area contributed by atoms with E-state index in [1.54, 1.807) is 0 Å². The third-order valence-corrected chi connectivity index (χ3v) is 5.71. The molecule has 0 bridgehead atoms. The van der Waals surface area contributed by atoms with Gasteiger partial charge in [-0.3, -0.25) is 4.79 Å². The summed E-state index contributed by atoms with van der Waals surface area (Å²) in [5.74, 6) is 0.267. The molecule has 0 aliphatic carbocycles. The zero-order valence-corrected chi connectivity index (χ0v) is 16.2. The van der Waals surface area contributed by atoms with Crippen LogP contribution in [0.3, 0.4) is 0 Å². The first-order valence-electron chi connectivity index (χ1n) is 9.90. The van der Waals surface area contributed by atoms with Crippen molar-refractivity contribution in [3.8, 4) is 0 Å². The third kappa shape index (κ3) is 3.61. The Morgan fingerprint density at radius 2 is 1.89 bits per heavy atom. The summed E-state index contributed by atoms with van der Waals surface area (Å²) < 4.78 is 2.13. The first kappa shape index (κ1) is 17.8. The van der Waals surface area contributed by atoms with Gasteiger partial charge in [0, 0.05) is 37.8 Å². The minimum atomic E-state index is 0.0123. The highest BCUT2D eigenvalue weighted by Gasteiger charge is 2.26. The number of piperidine rings is 1. The summed E-state index contributed by atoms with van der Waals surface area (Å²) >= 11 is 0.